The van der Waals surface area contributed by atoms with Gasteiger partial charge < -0.3 is 5.32 Å². The average molecular weight is 349 g/mol. The van der Waals surface area contributed by atoms with Gasteiger partial charge in [0.05, 0.1) is 11.7 Å². The Balaban J connectivity index is 2.03. The minimum Gasteiger partial charge on any atom is -0.363 e. The van der Waals surface area contributed by atoms with Crippen molar-refractivity contribution in [2.24, 2.45) is 0 Å². The van der Waals surface area contributed by atoms with Gasteiger partial charge in [-0.2, -0.15) is 27.1 Å². The van der Waals surface area contributed by atoms with E-state index in [4.69, 9.17) is 0 Å². The zero-order valence-corrected chi connectivity index (χ0v) is 12.4. The summed E-state index contributed by atoms with van der Waals surface area (Å²) in [5.74, 6) is -5.39. The maximum atomic E-state index is 14.0. The van der Waals surface area contributed by atoms with Crippen LogP contribution in [0.4, 0.5) is 32.2 Å². The molecule has 2 atom stereocenters. The van der Waals surface area contributed by atoms with Gasteiger partial charge in [-0.1, -0.05) is 12.1 Å². The zero-order valence-electron chi connectivity index (χ0n) is 12.4. The molecular weight excluding hydrogens is 336 g/mol. The summed E-state index contributed by atoms with van der Waals surface area (Å²) in [5.41, 5.74) is 0.740. The minimum absolute atomic E-state index is 0.0713. The first-order chi connectivity index (χ1) is 11.1. The number of alkyl halides is 5. The molecule has 24 heavy (non-hydrogen) atoms. The maximum Gasteiger partial charge on any atom is 0.455 e. The van der Waals surface area contributed by atoms with Gasteiger partial charge in [-0.15, -0.1) is 0 Å². The third-order valence-corrected chi connectivity index (χ3v) is 4.00. The standard InChI is InChI=1S/C15H13F6N3/c1-8-6-13-22-11(9-2-4-10(16)5-3-9)7-12(24(13)23-8)14(17,18)15(19,20)21/h2-6,11-12,22H,7H2,1H3/t11-,12-/m1/s1. The molecule has 3 rings (SSSR count). The third kappa shape index (κ3) is 2.71. The van der Waals surface area contributed by atoms with Crippen molar-refractivity contribution < 1.29 is 26.3 Å². The SMILES string of the molecule is Cc1cc2n(n1)[C@@H](C(F)(F)C(F)(F)F)C[C@H](c1ccc(F)cc1)N2. The average Bonchev–Trinajstić information content (AvgIpc) is 2.85. The summed E-state index contributed by atoms with van der Waals surface area (Å²) >= 11 is 0. The molecule has 9 heteroatoms. The van der Waals surface area contributed by atoms with E-state index in [0.29, 0.717) is 15.9 Å². The molecule has 0 unspecified atom stereocenters. The second-order valence-electron chi connectivity index (χ2n) is 5.74. The van der Waals surface area contributed by atoms with Gasteiger partial charge in [0.1, 0.15) is 17.7 Å². The molecule has 3 nitrogen and oxygen atoms in total. The normalized spacial score (nSPS) is 21.3. The fourth-order valence-corrected chi connectivity index (χ4v) is 2.83. The lowest BCUT2D eigenvalue weighted by Gasteiger charge is -2.37. The topological polar surface area (TPSA) is 29.9 Å². The molecule has 1 aromatic heterocycles. The van der Waals surface area contributed by atoms with Crippen LogP contribution in [0.2, 0.25) is 0 Å². The van der Waals surface area contributed by atoms with Crippen LogP contribution in [0.1, 0.15) is 29.8 Å². The molecule has 0 saturated heterocycles. The number of rotatable bonds is 2. The number of benzene rings is 1. The number of hydrogen-bond acceptors (Lipinski definition) is 2. The van der Waals surface area contributed by atoms with Crippen molar-refractivity contribution in [3.05, 3.63) is 47.4 Å². The fourth-order valence-electron chi connectivity index (χ4n) is 2.83. The molecule has 0 radical (unpaired) electrons. The Morgan fingerprint density at radius 2 is 1.75 bits per heavy atom. The van der Waals surface area contributed by atoms with Crippen LogP contribution in [0.15, 0.2) is 30.3 Å². The number of nitrogens with zero attached hydrogens (tertiary/aromatic N) is 2. The van der Waals surface area contributed by atoms with Crippen molar-refractivity contribution in [3.63, 3.8) is 0 Å². The second-order valence-corrected chi connectivity index (χ2v) is 5.74. The number of aromatic nitrogens is 2. The van der Waals surface area contributed by atoms with Gasteiger partial charge in [0.25, 0.3) is 0 Å². The van der Waals surface area contributed by atoms with E-state index in [-0.39, 0.29) is 5.82 Å². The van der Waals surface area contributed by atoms with Crippen LogP contribution in [0.5, 0.6) is 0 Å². The van der Waals surface area contributed by atoms with E-state index in [1.165, 1.54) is 25.1 Å². The van der Waals surface area contributed by atoms with Gasteiger partial charge in [0.2, 0.25) is 0 Å². The third-order valence-electron chi connectivity index (χ3n) is 4.00. The molecule has 1 aromatic carbocycles. The molecule has 0 aliphatic carbocycles. The molecule has 0 fully saturated rings. The van der Waals surface area contributed by atoms with Gasteiger partial charge >= 0.3 is 12.1 Å². The van der Waals surface area contributed by atoms with Gasteiger partial charge in [-0.25, -0.2) is 9.07 Å². The van der Waals surface area contributed by atoms with E-state index in [1.807, 2.05) is 0 Å². The zero-order chi connectivity index (χ0) is 17.7. The van der Waals surface area contributed by atoms with Crippen molar-refractivity contribution in [2.45, 2.75) is 37.5 Å². The smallest absolute Gasteiger partial charge is 0.363 e. The van der Waals surface area contributed by atoms with E-state index in [1.54, 1.807) is 0 Å². The monoisotopic (exact) mass is 349 g/mol. The summed E-state index contributed by atoms with van der Waals surface area (Å²) in [4.78, 5) is 0. The first-order valence-corrected chi connectivity index (χ1v) is 7.12. The molecule has 2 aromatic rings. The predicted octanol–water partition coefficient (Wildman–Crippen LogP) is 4.63. The summed E-state index contributed by atoms with van der Waals surface area (Å²) < 4.78 is 80.2. The fraction of sp³-hybridized carbons (Fsp3) is 0.400. The molecular formula is C15H13F6N3. The highest BCUT2D eigenvalue weighted by Gasteiger charge is 2.64. The van der Waals surface area contributed by atoms with E-state index >= 15 is 0 Å². The first-order valence-electron chi connectivity index (χ1n) is 7.12. The Morgan fingerprint density at radius 1 is 1.12 bits per heavy atom. The summed E-state index contributed by atoms with van der Waals surface area (Å²) in [6.07, 6.45) is -6.23. The van der Waals surface area contributed by atoms with Crippen molar-refractivity contribution in [1.82, 2.24) is 9.78 Å². The van der Waals surface area contributed by atoms with Crippen LogP contribution < -0.4 is 5.32 Å². The number of nitrogens with one attached hydrogen (secondary N) is 1. The molecule has 0 bridgehead atoms. The van der Waals surface area contributed by atoms with Gasteiger partial charge in [-0.05, 0) is 24.6 Å². The lowest BCUT2D eigenvalue weighted by atomic mass is 9.93. The van der Waals surface area contributed by atoms with Crippen LogP contribution in [0.25, 0.3) is 0 Å². The molecule has 1 N–H and O–H groups in total. The Bertz CT molecular complexity index is 735. The summed E-state index contributed by atoms with van der Waals surface area (Å²) in [5, 5.41) is 6.65. The highest BCUT2D eigenvalue weighted by molar-refractivity contribution is 5.43. The number of fused-ring (bicyclic) bond motifs is 1. The quantitative estimate of drug-likeness (QED) is 0.802. The summed E-state index contributed by atoms with van der Waals surface area (Å²) in [6, 6.07) is 3.37. The number of hydrogen-bond donors (Lipinski definition) is 1. The van der Waals surface area contributed by atoms with E-state index in [2.05, 4.69) is 10.4 Å². The van der Waals surface area contributed by atoms with Crippen molar-refractivity contribution in [1.29, 1.82) is 0 Å². The van der Waals surface area contributed by atoms with Crippen LogP contribution in [-0.4, -0.2) is 21.9 Å². The second kappa shape index (κ2) is 5.42. The van der Waals surface area contributed by atoms with Gasteiger partial charge in [-0.3, -0.25) is 0 Å². The van der Waals surface area contributed by atoms with Crippen LogP contribution in [-0.2, 0) is 0 Å². The minimum atomic E-state index is -5.69. The van der Waals surface area contributed by atoms with E-state index in [9.17, 15) is 26.3 Å². The predicted molar refractivity (Wildman–Crippen MR) is 74.4 cm³/mol. The molecule has 0 spiro atoms. The van der Waals surface area contributed by atoms with Crippen molar-refractivity contribution in [2.75, 3.05) is 5.32 Å². The molecule has 0 saturated carbocycles. The Hall–Kier alpha value is -2.19. The lowest BCUT2D eigenvalue weighted by Crippen LogP contribution is -2.47. The van der Waals surface area contributed by atoms with E-state index < -0.39 is 36.4 Å². The number of halogens is 6. The Labute approximate surface area is 133 Å². The highest BCUT2D eigenvalue weighted by Crippen LogP contribution is 2.49. The molecule has 1 aliphatic heterocycles. The highest BCUT2D eigenvalue weighted by atomic mass is 19.4. The maximum absolute atomic E-state index is 14.0. The lowest BCUT2D eigenvalue weighted by molar-refractivity contribution is -0.301. The summed E-state index contributed by atoms with van der Waals surface area (Å²) in [7, 11) is 0. The number of aryl methyl sites for hydroxylation is 1. The van der Waals surface area contributed by atoms with Gasteiger partial charge in [0.15, 0.2) is 0 Å². The van der Waals surface area contributed by atoms with Crippen molar-refractivity contribution in [3.8, 4) is 0 Å². The summed E-state index contributed by atoms with van der Waals surface area (Å²) in [6.45, 7) is 1.50. The van der Waals surface area contributed by atoms with Crippen LogP contribution >= 0.6 is 0 Å². The molecule has 0 amide bonds. The molecule has 130 valence electrons. The van der Waals surface area contributed by atoms with Crippen molar-refractivity contribution >= 4 is 5.82 Å². The Morgan fingerprint density at radius 3 is 2.33 bits per heavy atom. The van der Waals surface area contributed by atoms with Crippen LogP contribution in [0, 0.1) is 12.7 Å². The largest absolute Gasteiger partial charge is 0.455 e. The Kier molecular flexibility index (Phi) is 3.76. The van der Waals surface area contributed by atoms with E-state index in [0.717, 1.165) is 12.1 Å². The molecule has 1 aliphatic rings. The first kappa shape index (κ1) is 16.7. The molecule has 2 heterocycles. The van der Waals surface area contributed by atoms with Crippen LogP contribution in [0.3, 0.4) is 0 Å². The number of anilines is 1. The van der Waals surface area contributed by atoms with Gasteiger partial charge in [0, 0.05) is 12.5 Å².